The number of nitrogens with zero attached hydrogens (tertiary/aromatic N) is 2. The Balaban J connectivity index is 2.30. The second kappa shape index (κ2) is 6.03. The minimum Gasteiger partial charge on any atom is -0.370 e. The fourth-order valence-electron chi connectivity index (χ4n) is 2.07. The van der Waals surface area contributed by atoms with Crippen LogP contribution in [0.4, 0.5) is 17.1 Å². The van der Waals surface area contributed by atoms with Gasteiger partial charge in [0.25, 0.3) is 5.69 Å². The van der Waals surface area contributed by atoms with Crippen molar-refractivity contribution >= 4 is 17.1 Å². The number of rotatable bonds is 5. The third-order valence-corrected chi connectivity index (χ3v) is 3.07. The largest absolute Gasteiger partial charge is 0.370 e. The number of anilines is 2. The number of nitro groups is 1. The van der Waals surface area contributed by atoms with E-state index in [9.17, 15) is 10.1 Å². The van der Waals surface area contributed by atoms with Crippen LogP contribution in [0.5, 0.6) is 0 Å². The first-order chi connectivity index (χ1) is 9.63. The van der Waals surface area contributed by atoms with Gasteiger partial charge < -0.3 is 10.3 Å². The predicted octanol–water partition coefficient (Wildman–Crippen LogP) is 2.52. The average molecular weight is 272 g/mol. The number of benzene rings is 2. The van der Waals surface area contributed by atoms with Crippen molar-refractivity contribution in [1.82, 2.24) is 0 Å². The molecule has 6 heteroatoms. The summed E-state index contributed by atoms with van der Waals surface area (Å²) in [6, 6.07) is 14.7. The van der Waals surface area contributed by atoms with Crippen molar-refractivity contribution in [2.45, 2.75) is 6.54 Å². The minimum atomic E-state index is -0.443. The first kappa shape index (κ1) is 13.8. The van der Waals surface area contributed by atoms with Crippen LogP contribution < -0.4 is 16.2 Å². The van der Waals surface area contributed by atoms with E-state index in [4.69, 9.17) is 5.84 Å². The molecule has 3 N–H and O–H groups in total. The van der Waals surface area contributed by atoms with E-state index in [0.717, 1.165) is 11.3 Å². The molecule has 104 valence electrons. The molecule has 0 unspecified atom stereocenters. The van der Waals surface area contributed by atoms with Gasteiger partial charge >= 0.3 is 0 Å². The quantitative estimate of drug-likeness (QED) is 0.496. The monoisotopic (exact) mass is 272 g/mol. The van der Waals surface area contributed by atoms with Crippen molar-refractivity contribution < 1.29 is 4.92 Å². The summed E-state index contributed by atoms with van der Waals surface area (Å²) in [5.41, 5.74) is 4.56. The average Bonchev–Trinajstić information content (AvgIpc) is 2.47. The van der Waals surface area contributed by atoms with Crippen LogP contribution in [-0.4, -0.2) is 12.0 Å². The van der Waals surface area contributed by atoms with Crippen LogP contribution in [0.2, 0.25) is 0 Å². The van der Waals surface area contributed by atoms with Crippen LogP contribution in [0.3, 0.4) is 0 Å². The molecule has 0 aromatic heterocycles. The van der Waals surface area contributed by atoms with Crippen LogP contribution in [0, 0.1) is 10.1 Å². The van der Waals surface area contributed by atoms with Crippen LogP contribution >= 0.6 is 0 Å². The molecule has 0 atom stereocenters. The molecule has 0 bridgehead atoms. The summed E-state index contributed by atoms with van der Waals surface area (Å²) < 4.78 is 0. The van der Waals surface area contributed by atoms with Gasteiger partial charge in [0.2, 0.25) is 0 Å². The molecule has 2 aromatic rings. The molecule has 0 saturated heterocycles. The van der Waals surface area contributed by atoms with E-state index in [2.05, 4.69) is 5.43 Å². The zero-order valence-electron chi connectivity index (χ0n) is 11.1. The zero-order chi connectivity index (χ0) is 14.5. The van der Waals surface area contributed by atoms with Crippen molar-refractivity contribution in [3.05, 3.63) is 64.2 Å². The molecule has 0 spiro atoms. The first-order valence-electron chi connectivity index (χ1n) is 6.12. The Bertz CT molecular complexity index is 601. The summed E-state index contributed by atoms with van der Waals surface area (Å²) in [6.07, 6.45) is 0. The topological polar surface area (TPSA) is 84.4 Å². The molecule has 6 nitrogen and oxygen atoms in total. The molecule has 0 aliphatic carbocycles. The number of nitro benzene ring substituents is 1. The predicted molar refractivity (Wildman–Crippen MR) is 79.5 cm³/mol. The maximum absolute atomic E-state index is 11.0. The number of nitrogens with two attached hydrogens (primary N) is 1. The summed E-state index contributed by atoms with van der Waals surface area (Å²) in [5, 5.41) is 11.0. The lowest BCUT2D eigenvalue weighted by Gasteiger charge is -2.20. The van der Waals surface area contributed by atoms with Crippen LogP contribution in [0.1, 0.15) is 5.56 Å². The molecule has 2 rings (SSSR count). The van der Waals surface area contributed by atoms with E-state index in [1.165, 1.54) is 6.07 Å². The van der Waals surface area contributed by atoms with Gasteiger partial charge in [-0.15, -0.1) is 0 Å². The molecular weight excluding hydrogens is 256 g/mol. The second-order valence-electron chi connectivity index (χ2n) is 4.40. The summed E-state index contributed by atoms with van der Waals surface area (Å²) in [7, 11) is 1.93. The van der Waals surface area contributed by atoms with E-state index in [-0.39, 0.29) is 5.69 Å². The maximum atomic E-state index is 11.0. The van der Waals surface area contributed by atoms with Crippen molar-refractivity contribution in [2.24, 2.45) is 5.84 Å². The molecule has 0 aliphatic heterocycles. The van der Waals surface area contributed by atoms with Crippen molar-refractivity contribution in [1.29, 1.82) is 0 Å². The van der Waals surface area contributed by atoms with E-state index >= 15 is 0 Å². The highest BCUT2D eigenvalue weighted by Gasteiger charge is 2.17. The standard InChI is InChI=1S/C14H16N4O2/c1-17(12-7-3-2-4-8-12)10-11-6-5-9-13(18(19)20)14(11)16-15/h2-9,16H,10,15H2,1H3. The number of nitrogen functional groups attached to an aromatic ring is 1. The highest BCUT2D eigenvalue weighted by Crippen LogP contribution is 2.29. The molecule has 0 radical (unpaired) electrons. The summed E-state index contributed by atoms with van der Waals surface area (Å²) in [6.45, 7) is 0.519. The van der Waals surface area contributed by atoms with Gasteiger partial charge in [-0.3, -0.25) is 16.0 Å². The first-order valence-corrected chi connectivity index (χ1v) is 6.12. The smallest absolute Gasteiger partial charge is 0.293 e. The molecule has 0 saturated carbocycles. The fourth-order valence-corrected chi connectivity index (χ4v) is 2.07. The Labute approximate surface area is 116 Å². The lowest BCUT2D eigenvalue weighted by molar-refractivity contribution is -0.384. The molecular formula is C14H16N4O2. The Hall–Kier alpha value is -2.60. The Kier molecular flexibility index (Phi) is 4.17. The van der Waals surface area contributed by atoms with Gasteiger partial charge in [0.15, 0.2) is 0 Å². The molecule has 0 amide bonds. The van der Waals surface area contributed by atoms with Crippen molar-refractivity contribution in [3.63, 3.8) is 0 Å². The lowest BCUT2D eigenvalue weighted by atomic mass is 10.1. The Morgan fingerprint density at radius 1 is 1.20 bits per heavy atom. The van der Waals surface area contributed by atoms with E-state index in [1.54, 1.807) is 6.07 Å². The van der Waals surface area contributed by atoms with E-state index < -0.39 is 4.92 Å². The lowest BCUT2D eigenvalue weighted by Crippen LogP contribution is -2.19. The van der Waals surface area contributed by atoms with Gasteiger partial charge in [-0.05, 0) is 12.1 Å². The van der Waals surface area contributed by atoms with Gasteiger partial charge in [-0.2, -0.15) is 0 Å². The third-order valence-electron chi connectivity index (χ3n) is 3.07. The van der Waals surface area contributed by atoms with Gasteiger partial charge in [-0.25, -0.2) is 0 Å². The van der Waals surface area contributed by atoms with E-state index in [1.807, 2.05) is 48.3 Å². The molecule has 20 heavy (non-hydrogen) atoms. The van der Waals surface area contributed by atoms with Crippen molar-refractivity contribution in [3.8, 4) is 0 Å². The number of nitrogens with one attached hydrogen (secondary N) is 1. The Morgan fingerprint density at radius 2 is 1.90 bits per heavy atom. The summed E-state index contributed by atoms with van der Waals surface area (Å²) in [5.74, 6) is 5.43. The van der Waals surface area contributed by atoms with Gasteiger partial charge in [-0.1, -0.05) is 30.3 Å². The molecule has 2 aromatic carbocycles. The molecule has 0 aliphatic rings. The van der Waals surface area contributed by atoms with Gasteiger partial charge in [0.1, 0.15) is 5.69 Å². The molecule has 0 fully saturated rings. The van der Waals surface area contributed by atoms with Gasteiger partial charge in [0.05, 0.1) is 4.92 Å². The highest BCUT2D eigenvalue weighted by atomic mass is 16.6. The summed E-state index contributed by atoms with van der Waals surface area (Å²) >= 11 is 0. The minimum absolute atomic E-state index is 0.0218. The highest BCUT2D eigenvalue weighted by molar-refractivity contribution is 5.66. The normalized spacial score (nSPS) is 10.1. The third kappa shape index (κ3) is 2.86. The Morgan fingerprint density at radius 3 is 2.50 bits per heavy atom. The van der Waals surface area contributed by atoms with Gasteiger partial charge in [0, 0.05) is 30.9 Å². The van der Waals surface area contributed by atoms with Crippen LogP contribution in [0.25, 0.3) is 0 Å². The number of hydrazine groups is 1. The fraction of sp³-hybridized carbons (Fsp3) is 0.143. The van der Waals surface area contributed by atoms with Crippen LogP contribution in [-0.2, 0) is 6.54 Å². The van der Waals surface area contributed by atoms with Crippen LogP contribution in [0.15, 0.2) is 48.5 Å². The van der Waals surface area contributed by atoms with Crippen molar-refractivity contribution in [2.75, 3.05) is 17.4 Å². The SMILES string of the molecule is CN(Cc1cccc([N+](=O)[O-])c1NN)c1ccccc1. The maximum Gasteiger partial charge on any atom is 0.293 e. The second-order valence-corrected chi connectivity index (χ2v) is 4.40. The van der Waals surface area contributed by atoms with E-state index in [0.29, 0.717) is 12.2 Å². The number of para-hydroxylation sites is 2. The number of hydrogen-bond acceptors (Lipinski definition) is 5. The molecule has 0 heterocycles. The summed E-state index contributed by atoms with van der Waals surface area (Å²) in [4.78, 5) is 12.5. The number of hydrogen-bond donors (Lipinski definition) is 2. The zero-order valence-corrected chi connectivity index (χ0v) is 11.1.